The van der Waals surface area contributed by atoms with E-state index >= 15 is 0 Å². The van der Waals surface area contributed by atoms with Crippen molar-refractivity contribution in [3.8, 4) is 0 Å². The second-order valence-electron chi connectivity index (χ2n) is 10.5. The van der Waals surface area contributed by atoms with Crippen LogP contribution in [0.25, 0.3) is 6.08 Å². The highest BCUT2D eigenvalue weighted by atomic mass is 127. The first-order chi connectivity index (χ1) is 16.2. The molecule has 2 rings (SSSR count). The monoisotopic (exact) mass is 621 g/mol. The molecule has 0 aromatic carbocycles. The molecule has 7 nitrogen and oxygen atoms in total. The zero-order chi connectivity index (χ0) is 26.5. The van der Waals surface area contributed by atoms with E-state index < -0.39 is 41.7 Å². The highest BCUT2D eigenvalue weighted by Crippen LogP contribution is 2.33. The topological polar surface area (TPSA) is 117 Å². The van der Waals surface area contributed by atoms with Crippen LogP contribution in [0.4, 0.5) is 0 Å². The van der Waals surface area contributed by atoms with E-state index in [4.69, 9.17) is 4.74 Å². The van der Waals surface area contributed by atoms with Gasteiger partial charge in [0.1, 0.15) is 11.9 Å². The van der Waals surface area contributed by atoms with Gasteiger partial charge in [0.2, 0.25) is 0 Å². The predicted octanol–water partition coefficient (Wildman–Crippen LogP) is 4.48. The summed E-state index contributed by atoms with van der Waals surface area (Å²) in [6.07, 6.45) is 0.534. The molecular formula is C26H40INO6S. The Morgan fingerprint density at radius 3 is 2.49 bits per heavy atom. The summed E-state index contributed by atoms with van der Waals surface area (Å²) in [7, 11) is 0. The van der Waals surface area contributed by atoms with Gasteiger partial charge in [-0.1, -0.05) is 56.7 Å². The molecule has 1 unspecified atom stereocenters. The molecule has 1 saturated heterocycles. The lowest BCUT2D eigenvalue weighted by Gasteiger charge is -2.35. The Labute approximate surface area is 226 Å². The van der Waals surface area contributed by atoms with Crippen LogP contribution in [-0.2, 0) is 14.3 Å². The van der Waals surface area contributed by atoms with Gasteiger partial charge < -0.3 is 20.1 Å². The van der Waals surface area contributed by atoms with Crippen LogP contribution in [0.5, 0.6) is 0 Å². The van der Waals surface area contributed by atoms with Crippen molar-refractivity contribution in [3.63, 3.8) is 0 Å². The van der Waals surface area contributed by atoms with E-state index in [0.717, 1.165) is 16.3 Å². The molecule has 0 saturated carbocycles. The lowest BCUT2D eigenvalue weighted by Crippen LogP contribution is -2.45. The average Bonchev–Trinajstić information content (AvgIpc) is 3.20. The quantitative estimate of drug-likeness (QED) is 0.253. The maximum Gasteiger partial charge on any atom is 0.309 e. The lowest BCUT2D eigenvalue weighted by atomic mass is 9.73. The fourth-order valence-corrected chi connectivity index (χ4v) is 5.87. The molecule has 0 aliphatic carbocycles. The molecule has 0 amide bonds. The predicted molar refractivity (Wildman–Crippen MR) is 146 cm³/mol. The van der Waals surface area contributed by atoms with E-state index in [1.54, 1.807) is 20.8 Å². The number of nitrogens with zero attached hydrogens (tertiary/aromatic N) is 1. The number of Topliss-reactive ketones (excluding diaryl/α,β-unsaturated/α-hetero) is 1. The number of hydrogen-bond donors (Lipinski definition) is 3. The molecule has 7 atom stereocenters. The standard InChI is InChI=1S/C26H40INO6S/c1-14-8-7-9-20(29)19(27)11-21(15(2)10-18-13-35-17(4)28-18)34-23(31)12-22(30)26(5,6)25(33)16(3)24(14)32/h10,13-14,16,19-22,24,29-30,32H,7-9,11-12H2,1-6H3/b15-10+/t14-,16+,19+,20+,21?,22-,24-/m0/s1. The first-order valence-electron chi connectivity index (χ1n) is 12.3. The maximum atomic E-state index is 13.2. The van der Waals surface area contributed by atoms with Gasteiger partial charge in [0, 0.05) is 21.6 Å². The van der Waals surface area contributed by atoms with Gasteiger partial charge in [-0.05, 0) is 44.3 Å². The minimum atomic E-state index is -1.26. The molecule has 9 heteroatoms. The van der Waals surface area contributed by atoms with Gasteiger partial charge in [-0.2, -0.15) is 0 Å². The second-order valence-corrected chi connectivity index (χ2v) is 13.1. The van der Waals surface area contributed by atoms with E-state index in [9.17, 15) is 24.9 Å². The summed E-state index contributed by atoms with van der Waals surface area (Å²) in [5.74, 6) is -1.74. The number of aryl methyl sites for hydroxylation is 1. The zero-order valence-electron chi connectivity index (χ0n) is 21.5. The zero-order valence-corrected chi connectivity index (χ0v) is 24.5. The van der Waals surface area contributed by atoms with Crippen LogP contribution in [0.1, 0.15) is 77.4 Å². The Hall–Kier alpha value is -0.880. The number of aromatic nitrogens is 1. The fraction of sp³-hybridized carbons (Fsp3) is 0.731. The van der Waals surface area contributed by atoms with E-state index in [0.29, 0.717) is 25.7 Å². The second kappa shape index (κ2) is 13.1. The first kappa shape index (κ1) is 30.3. The van der Waals surface area contributed by atoms with Crippen molar-refractivity contribution in [2.45, 2.75) is 102 Å². The van der Waals surface area contributed by atoms with Crippen molar-refractivity contribution in [2.75, 3.05) is 0 Å². The van der Waals surface area contributed by atoms with Crippen LogP contribution in [0.15, 0.2) is 11.0 Å². The molecule has 2 heterocycles. The summed E-state index contributed by atoms with van der Waals surface area (Å²) in [6, 6.07) is 0. The molecule has 35 heavy (non-hydrogen) atoms. The average molecular weight is 622 g/mol. The van der Waals surface area contributed by atoms with Crippen molar-refractivity contribution in [1.82, 2.24) is 4.98 Å². The highest BCUT2D eigenvalue weighted by molar-refractivity contribution is 14.1. The summed E-state index contributed by atoms with van der Waals surface area (Å²) in [5, 5.41) is 35.2. The summed E-state index contributed by atoms with van der Waals surface area (Å²) in [4.78, 5) is 30.5. The number of carbonyl (C=O) groups is 2. The minimum absolute atomic E-state index is 0.140. The number of aliphatic hydroxyl groups excluding tert-OH is 3. The molecule has 1 aliphatic rings. The number of thiazole rings is 1. The number of halogens is 1. The number of cyclic esters (lactones) is 1. The van der Waals surface area contributed by atoms with E-state index in [2.05, 4.69) is 27.6 Å². The van der Waals surface area contributed by atoms with Crippen LogP contribution in [0, 0.1) is 24.2 Å². The maximum absolute atomic E-state index is 13.2. The number of rotatable bonds is 2. The Morgan fingerprint density at radius 2 is 1.89 bits per heavy atom. The van der Waals surface area contributed by atoms with Gasteiger partial charge in [0.05, 0.1) is 40.8 Å². The van der Waals surface area contributed by atoms with E-state index in [1.807, 2.05) is 32.2 Å². The van der Waals surface area contributed by atoms with E-state index in [1.165, 1.54) is 11.3 Å². The Bertz CT molecular complexity index is 900. The Balaban J connectivity index is 2.33. The number of alkyl halides is 1. The van der Waals surface area contributed by atoms with Crippen molar-refractivity contribution in [2.24, 2.45) is 17.3 Å². The number of hydrogen-bond acceptors (Lipinski definition) is 8. The van der Waals surface area contributed by atoms with Crippen LogP contribution in [-0.4, -0.2) is 60.4 Å². The summed E-state index contributed by atoms with van der Waals surface area (Å²) in [6.45, 7) is 10.6. The largest absolute Gasteiger partial charge is 0.458 e. The third-order valence-electron chi connectivity index (χ3n) is 7.15. The molecule has 0 radical (unpaired) electrons. The van der Waals surface area contributed by atoms with Crippen molar-refractivity contribution < 1.29 is 29.6 Å². The Kier molecular flexibility index (Phi) is 11.3. The van der Waals surface area contributed by atoms with E-state index in [-0.39, 0.29) is 22.0 Å². The van der Waals surface area contributed by atoms with Crippen LogP contribution < -0.4 is 0 Å². The highest BCUT2D eigenvalue weighted by Gasteiger charge is 2.42. The minimum Gasteiger partial charge on any atom is -0.458 e. The van der Waals surface area contributed by atoms with Crippen LogP contribution in [0.3, 0.4) is 0 Å². The van der Waals surface area contributed by atoms with Gasteiger partial charge >= 0.3 is 5.97 Å². The van der Waals surface area contributed by atoms with Gasteiger partial charge in [0.15, 0.2) is 0 Å². The molecule has 0 spiro atoms. The molecule has 198 valence electrons. The number of esters is 1. The molecule has 1 aromatic rings. The first-order valence-corrected chi connectivity index (χ1v) is 14.4. The van der Waals surface area contributed by atoms with Crippen molar-refractivity contribution in [1.29, 1.82) is 0 Å². The number of carbonyl (C=O) groups excluding carboxylic acids is 2. The molecular weight excluding hydrogens is 581 g/mol. The Morgan fingerprint density at radius 1 is 1.23 bits per heavy atom. The summed E-state index contributed by atoms with van der Waals surface area (Å²) in [5.41, 5.74) is 0.359. The number of aliphatic hydroxyl groups is 3. The third kappa shape index (κ3) is 8.31. The van der Waals surface area contributed by atoms with Gasteiger partial charge in [0.25, 0.3) is 0 Å². The van der Waals surface area contributed by atoms with Crippen molar-refractivity contribution in [3.05, 3.63) is 21.7 Å². The number of ketones is 1. The third-order valence-corrected chi connectivity index (χ3v) is 9.28. The molecule has 1 fully saturated rings. The van der Waals surface area contributed by atoms with Crippen molar-refractivity contribution >= 4 is 51.8 Å². The molecule has 3 N–H and O–H groups in total. The fourth-order valence-electron chi connectivity index (χ4n) is 4.48. The van der Waals surface area contributed by atoms with Gasteiger partial charge in [-0.15, -0.1) is 11.3 Å². The summed E-state index contributed by atoms with van der Waals surface area (Å²) < 4.78 is 5.64. The number of ether oxygens (including phenoxy) is 1. The van der Waals surface area contributed by atoms with Gasteiger partial charge in [-0.25, -0.2) is 4.98 Å². The SMILES string of the molecule is C/C(=C\c1csc(C)n1)C1C[C@@H](I)[C@H](O)CCC[C@H](C)[C@H](O)[C@@H](C)C(=O)C(C)(C)[C@@H](O)CC(=O)O1. The normalized spacial score (nSPS) is 34.5. The lowest BCUT2D eigenvalue weighted by molar-refractivity contribution is -0.154. The smallest absolute Gasteiger partial charge is 0.309 e. The van der Waals surface area contributed by atoms with Crippen LogP contribution in [0.2, 0.25) is 0 Å². The van der Waals surface area contributed by atoms with Gasteiger partial charge in [-0.3, -0.25) is 9.59 Å². The molecule has 1 aromatic heterocycles. The molecule has 0 bridgehead atoms. The van der Waals surface area contributed by atoms with Crippen LogP contribution >= 0.6 is 33.9 Å². The molecule has 1 aliphatic heterocycles. The summed E-state index contributed by atoms with van der Waals surface area (Å²) >= 11 is 3.73.